The summed E-state index contributed by atoms with van der Waals surface area (Å²) in [5, 5.41) is 17.7. The van der Waals surface area contributed by atoms with E-state index in [0.29, 0.717) is 10.2 Å². The van der Waals surface area contributed by atoms with Gasteiger partial charge in [-0.1, -0.05) is 50.2 Å². The van der Waals surface area contributed by atoms with Crippen LogP contribution in [-0.4, -0.2) is 35.9 Å². The smallest absolute Gasteiger partial charge is 0.270 e. The molecule has 1 fully saturated rings. The Labute approximate surface area is 237 Å². The zero-order valence-corrected chi connectivity index (χ0v) is 24.6. The fourth-order valence-corrected chi connectivity index (χ4v) is 10.6. The lowest BCUT2D eigenvalue weighted by Crippen LogP contribution is -2.30. The molecule has 0 spiro atoms. The summed E-state index contributed by atoms with van der Waals surface area (Å²) in [6.45, 7) is 6.36. The summed E-state index contributed by atoms with van der Waals surface area (Å²) in [6.07, 6.45) is 4.19. The molecular weight excluding hydrogens is 575 g/mol. The van der Waals surface area contributed by atoms with Crippen LogP contribution in [0.5, 0.6) is 0 Å². The summed E-state index contributed by atoms with van der Waals surface area (Å²) in [5.41, 5.74) is 5.07. The molecule has 8 nitrogen and oxygen atoms in total. The van der Waals surface area contributed by atoms with Crippen molar-refractivity contribution >= 4 is 52.2 Å². The lowest BCUT2D eigenvalue weighted by Gasteiger charge is -2.39. The minimum atomic E-state index is -2.71. The maximum atomic E-state index is 11.5. The molecule has 3 aliphatic heterocycles. The number of anilines is 2. The molecule has 0 N–H and O–H groups in total. The third-order valence-electron chi connectivity index (χ3n) is 7.84. The Morgan fingerprint density at radius 2 is 1.72 bits per heavy atom. The van der Waals surface area contributed by atoms with Crippen LogP contribution in [0.15, 0.2) is 98.1 Å². The van der Waals surface area contributed by atoms with Gasteiger partial charge in [0.25, 0.3) is 5.69 Å². The van der Waals surface area contributed by atoms with Crippen LogP contribution in [0.25, 0.3) is 0 Å². The van der Waals surface area contributed by atoms with Crippen molar-refractivity contribution in [2.24, 2.45) is 9.85 Å². The summed E-state index contributed by atoms with van der Waals surface area (Å²) in [4.78, 5) is 13.4. The van der Waals surface area contributed by atoms with Crippen LogP contribution in [0, 0.1) is 10.1 Å². The number of halogens is 1. The lowest BCUT2D eigenvalue weighted by atomic mass is 9.84. The van der Waals surface area contributed by atoms with Gasteiger partial charge in [-0.3, -0.25) is 10.1 Å². The number of hydrogen-bond acceptors (Lipinski definition) is 5. The van der Waals surface area contributed by atoms with Gasteiger partial charge in [0.05, 0.1) is 32.3 Å². The number of nitro benzene ring substituents is 1. The highest BCUT2D eigenvalue weighted by atomic mass is 79.9. The summed E-state index contributed by atoms with van der Waals surface area (Å²) in [6, 6.07) is 23.6. The average molecular weight is 605 g/mol. The number of nitro groups is 1. The van der Waals surface area contributed by atoms with Crippen LogP contribution < -0.4 is 9.68 Å². The predicted octanol–water partition coefficient (Wildman–Crippen LogP) is 8.26. The van der Waals surface area contributed by atoms with Gasteiger partial charge in [-0.2, -0.15) is 5.10 Å². The summed E-state index contributed by atoms with van der Waals surface area (Å²) in [7, 11) is -0.577. The second-order valence-corrected chi connectivity index (χ2v) is 14.1. The summed E-state index contributed by atoms with van der Waals surface area (Å²) in [5.74, 6) is 0. The number of hydrogen-bond donors (Lipinski definition) is 0. The monoisotopic (exact) mass is 604 g/mol. The molecule has 200 valence electrons. The first kappa shape index (κ1) is 26.0. The normalized spacial score (nSPS) is 23.9. The van der Waals surface area contributed by atoms with E-state index < -0.39 is 7.36 Å². The van der Waals surface area contributed by atoms with Crippen molar-refractivity contribution in [3.63, 3.8) is 0 Å². The Hall–Kier alpha value is -3.26. The van der Waals surface area contributed by atoms with Crippen LogP contribution in [-0.2, 0) is 5.41 Å². The van der Waals surface area contributed by atoms with Gasteiger partial charge in [-0.15, -0.1) is 0 Å². The second kappa shape index (κ2) is 9.73. The van der Waals surface area contributed by atoms with E-state index >= 15 is 0 Å². The zero-order valence-electron chi connectivity index (χ0n) is 22.2. The van der Waals surface area contributed by atoms with Crippen LogP contribution in [0.1, 0.15) is 32.3 Å². The molecule has 0 amide bonds. The van der Waals surface area contributed by atoms with Crippen molar-refractivity contribution in [3.05, 3.63) is 104 Å². The number of hydrazone groups is 1. The van der Waals surface area contributed by atoms with Gasteiger partial charge < -0.3 is 4.90 Å². The SMILES string of the molecule is CN1/C(=C2\C=NN(c3ccccc3)[P@]2(=Nc2ccc([N+](=O)[O-])cc2Br)N2CCCC2)C(C)(C)c2ccccc21. The van der Waals surface area contributed by atoms with E-state index in [1.807, 2.05) is 24.4 Å². The van der Waals surface area contributed by atoms with Crippen molar-refractivity contribution in [2.45, 2.75) is 32.1 Å². The van der Waals surface area contributed by atoms with Gasteiger partial charge in [0.15, 0.2) is 7.36 Å². The number of allylic oxidation sites excluding steroid dienone is 2. The highest BCUT2D eigenvalue weighted by Gasteiger charge is 2.50. The fourth-order valence-electron chi connectivity index (χ4n) is 6.06. The van der Waals surface area contributed by atoms with E-state index in [1.54, 1.807) is 6.07 Å². The van der Waals surface area contributed by atoms with E-state index in [9.17, 15) is 10.1 Å². The Bertz CT molecular complexity index is 1580. The Kier molecular flexibility index (Phi) is 6.49. The molecule has 0 aliphatic carbocycles. The van der Waals surface area contributed by atoms with Crippen molar-refractivity contribution in [2.75, 3.05) is 29.8 Å². The van der Waals surface area contributed by atoms with E-state index in [1.165, 1.54) is 29.1 Å². The molecule has 3 heterocycles. The molecule has 1 atom stereocenters. The van der Waals surface area contributed by atoms with Gasteiger partial charge in [-0.05, 0) is 58.6 Å². The first-order chi connectivity index (χ1) is 18.7. The van der Waals surface area contributed by atoms with Gasteiger partial charge in [-0.25, -0.2) is 14.2 Å². The Morgan fingerprint density at radius 1 is 1.03 bits per heavy atom. The summed E-state index contributed by atoms with van der Waals surface area (Å²) < 4.78 is 10.8. The fraction of sp³-hybridized carbons (Fsp3) is 0.276. The highest BCUT2D eigenvalue weighted by molar-refractivity contribution is 9.10. The van der Waals surface area contributed by atoms with Crippen molar-refractivity contribution in [3.8, 4) is 0 Å². The van der Waals surface area contributed by atoms with Crippen molar-refractivity contribution < 1.29 is 4.92 Å². The molecule has 3 aliphatic rings. The minimum absolute atomic E-state index is 0.0302. The van der Waals surface area contributed by atoms with Crippen LogP contribution >= 0.6 is 23.3 Å². The maximum absolute atomic E-state index is 11.5. The second-order valence-electron chi connectivity index (χ2n) is 10.5. The molecule has 0 bridgehead atoms. The van der Waals surface area contributed by atoms with E-state index in [2.05, 4.69) is 87.6 Å². The number of nitrogens with zero attached hydrogens (tertiary/aromatic N) is 6. The average Bonchev–Trinajstić information content (AvgIpc) is 3.63. The predicted molar refractivity (Wildman–Crippen MR) is 163 cm³/mol. The molecule has 0 radical (unpaired) electrons. The molecule has 0 unspecified atom stereocenters. The number of rotatable bonds is 4. The van der Waals surface area contributed by atoms with Crippen LogP contribution in [0.2, 0.25) is 0 Å². The van der Waals surface area contributed by atoms with E-state index in [-0.39, 0.29) is 16.0 Å². The number of fused-ring (bicyclic) bond motifs is 1. The van der Waals surface area contributed by atoms with E-state index in [0.717, 1.165) is 36.9 Å². The molecule has 3 aromatic rings. The van der Waals surface area contributed by atoms with Gasteiger partial charge in [0.1, 0.15) is 0 Å². The Balaban J connectivity index is 1.69. The topological polar surface area (TPSA) is 77.6 Å². The van der Waals surface area contributed by atoms with Gasteiger partial charge in [0.2, 0.25) is 0 Å². The number of likely N-dealkylation sites (N-methyl/N-ethyl adjacent to an activating group) is 1. The molecule has 6 rings (SSSR count). The summed E-state index contributed by atoms with van der Waals surface area (Å²) >= 11 is 3.61. The van der Waals surface area contributed by atoms with Crippen molar-refractivity contribution in [1.29, 1.82) is 0 Å². The molecule has 39 heavy (non-hydrogen) atoms. The van der Waals surface area contributed by atoms with Crippen LogP contribution in [0.4, 0.5) is 22.7 Å². The maximum Gasteiger partial charge on any atom is 0.270 e. The number of para-hydroxylation sites is 2. The van der Waals surface area contributed by atoms with E-state index in [4.69, 9.17) is 9.85 Å². The first-order valence-electron chi connectivity index (χ1n) is 13.0. The number of benzene rings is 3. The quantitative estimate of drug-likeness (QED) is 0.170. The molecule has 0 aromatic heterocycles. The molecular formula is C29H30BrN6O2P. The number of non-ortho nitro benzene ring substituents is 1. The third-order valence-corrected chi connectivity index (χ3v) is 12.0. The van der Waals surface area contributed by atoms with Crippen LogP contribution in [0.3, 0.4) is 0 Å². The molecule has 0 saturated carbocycles. The molecule has 3 aromatic carbocycles. The van der Waals surface area contributed by atoms with Gasteiger partial charge >= 0.3 is 0 Å². The standard InChI is InChI=1S/C29H30BrN6O2P/c1-29(2)23-13-7-8-14-26(23)33(3)28(29)27-20-31-35(21-11-5-4-6-12-21)39(27,34-17-9-10-18-34)32-25-16-15-22(36(37)38)19-24(25)30/h4-8,11-16,19-20H,9-10,17-18H2,1-3H3/b28-27+/t39-/m1/s1. The highest BCUT2D eigenvalue weighted by Crippen LogP contribution is 2.71. The Morgan fingerprint density at radius 3 is 2.38 bits per heavy atom. The zero-order chi connectivity index (χ0) is 27.4. The molecule has 1 saturated heterocycles. The third kappa shape index (κ3) is 4.06. The lowest BCUT2D eigenvalue weighted by molar-refractivity contribution is -0.384. The van der Waals surface area contributed by atoms with Crippen molar-refractivity contribution in [1.82, 2.24) is 4.67 Å². The first-order valence-corrected chi connectivity index (χ1v) is 15.5. The molecule has 10 heteroatoms. The minimum Gasteiger partial charge on any atom is -0.346 e. The van der Waals surface area contributed by atoms with Gasteiger partial charge in [0, 0.05) is 49.1 Å². The largest absolute Gasteiger partial charge is 0.346 e.